The van der Waals surface area contributed by atoms with Gasteiger partial charge in [0.1, 0.15) is 5.57 Å². The maximum atomic E-state index is 13.6. The Morgan fingerprint density at radius 2 is 0.676 bits per heavy atom. The third-order valence-electron chi connectivity index (χ3n) is 4.32. The van der Waals surface area contributed by atoms with Crippen molar-refractivity contribution in [3.05, 3.63) is 12.2 Å². The van der Waals surface area contributed by atoms with Gasteiger partial charge in [-0.25, -0.2) is 4.79 Å². The number of methoxy groups -OCH3 is 1. The fourth-order valence-electron chi connectivity index (χ4n) is 2.00. The topological polar surface area (TPSA) is 26.3 Å². The second-order valence-electron chi connectivity index (χ2n) is 6.64. The van der Waals surface area contributed by atoms with Crippen molar-refractivity contribution in [1.82, 2.24) is 0 Å². The van der Waals surface area contributed by atoms with Crippen molar-refractivity contribution < 1.29 is 102 Å². The zero-order chi connectivity index (χ0) is 30.9. The van der Waals surface area contributed by atoms with Crippen LogP contribution in [0.4, 0.5) is 92.2 Å². The molecule has 0 unspecified atom stereocenters. The molecule has 0 fully saturated rings. The van der Waals surface area contributed by atoms with E-state index in [1.54, 1.807) is 6.58 Å². The van der Waals surface area contributed by atoms with Crippen LogP contribution in [-0.2, 0) is 9.53 Å². The van der Waals surface area contributed by atoms with Gasteiger partial charge in [0.2, 0.25) is 0 Å². The van der Waals surface area contributed by atoms with Crippen LogP contribution in [0.3, 0.4) is 0 Å². The largest absolute Gasteiger partial charge is 0.466 e. The van der Waals surface area contributed by atoms with Crippen molar-refractivity contribution in [2.75, 3.05) is 7.11 Å². The summed E-state index contributed by atoms with van der Waals surface area (Å²) >= 11 is 0. The lowest BCUT2D eigenvalue weighted by Crippen LogP contribution is -2.77. The Bertz CT molecular complexity index is 895. The first-order chi connectivity index (χ1) is 15.6. The molecular weight excluding hydrogens is 599 g/mol. The molecule has 0 saturated carbocycles. The Labute approximate surface area is 188 Å². The van der Waals surface area contributed by atoms with Crippen LogP contribution in [0.1, 0.15) is 0 Å². The van der Waals surface area contributed by atoms with E-state index in [9.17, 15) is 97.0 Å². The van der Waals surface area contributed by atoms with Gasteiger partial charge in [0.25, 0.3) is 0 Å². The van der Waals surface area contributed by atoms with Gasteiger partial charge in [-0.2, -0.15) is 92.2 Å². The molecule has 0 aliphatic heterocycles. The maximum Gasteiger partial charge on any atom is 0.460 e. The van der Waals surface area contributed by atoms with E-state index in [0.29, 0.717) is 0 Å². The predicted molar refractivity (Wildman–Crippen MR) is 71.7 cm³/mol. The zero-order valence-electron chi connectivity index (χ0n) is 16.5. The summed E-state index contributed by atoms with van der Waals surface area (Å²) in [5, 5.41) is 0. The van der Waals surface area contributed by atoms with Gasteiger partial charge in [0.15, 0.2) is 0 Å². The van der Waals surface area contributed by atoms with E-state index < -0.39 is 71.0 Å². The number of rotatable bonds is 10. The number of esters is 1. The second kappa shape index (κ2) is 8.63. The smallest absolute Gasteiger partial charge is 0.460 e. The first-order valence-electron chi connectivity index (χ1n) is 7.89. The molecule has 0 aromatic carbocycles. The van der Waals surface area contributed by atoms with Gasteiger partial charge >= 0.3 is 65.4 Å². The highest BCUT2D eigenvalue weighted by Gasteiger charge is 2.98. The number of hydrogen-bond acceptors (Lipinski definition) is 2. The Hall–Kier alpha value is -2.26. The van der Waals surface area contributed by atoms with Crippen molar-refractivity contribution >= 4 is 5.97 Å². The molecule has 0 amide bonds. The van der Waals surface area contributed by atoms with Crippen molar-refractivity contribution in [2.45, 2.75) is 59.5 Å². The highest BCUT2D eigenvalue weighted by Crippen LogP contribution is 2.66. The van der Waals surface area contributed by atoms with Crippen LogP contribution in [0.5, 0.6) is 0 Å². The first-order valence-corrected chi connectivity index (χ1v) is 7.89. The Morgan fingerprint density at radius 1 is 0.459 bits per heavy atom. The van der Waals surface area contributed by atoms with Crippen molar-refractivity contribution in [1.29, 1.82) is 0 Å². The molecule has 37 heavy (non-hydrogen) atoms. The van der Waals surface area contributed by atoms with Crippen molar-refractivity contribution in [2.24, 2.45) is 0 Å². The zero-order valence-corrected chi connectivity index (χ0v) is 16.5. The average molecular weight is 604 g/mol. The lowest BCUT2D eigenvalue weighted by atomic mass is 9.85. The molecule has 0 saturated heterocycles. The SMILES string of the molecule is C=C(C(=O)OC)C(F)(F)C(F)(F)C(F)(F)C(F)(F)C(F)(F)C(F)(F)C(F)(F)C(F)(F)C(F)(F)C(F)(F)F. The fraction of sp³-hybridized carbons (Fsp3) is 0.786. The number of alkyl halides is 21. The average Bonchev–Trinajstić information content (AvgIpc) is 2.70. The molecule has 0 heterocycles. The molecular formula is C14H5F21O2. The Morgan fingerprint density at radius 3 is 0.892 bits per heavy atom. The molecule has 0 N–H and O–H groups in total. The third kappa shape index (κ3) is 4.13. The highest BCUT2D eigenvalue weighted by molar-refractivity contribution is 5.89. The van der Waals surface area contributed by atoms with Gasteiger partial charge in [0.05, 0.1) is 7.11 Å². The summed E-state index contributed by atoms with van der Waals surface area (Å²) in [5.41, 5.74) is -3.28. The summed E-state index contributed by atoms with van der Waals surface area (Å²) in [7, 11) is 0.0160. The summed E-state index contributed by atoms with van der Waals surface area (Å²) in [6.45, 7) is 1.66. The number of hydrogen-bond donors (Lipinski definition) is 0. The lowest BCUT2D eigenvalue weighted by molar-refractivity contribution is -0.473. The maximum absolute atomic E-state index is 13.6. The molecule has 0 aliphatic rings. The van der Waals surface area contributed by atoms with E-state index in [0.717, 1.165) is 0 Å². The second-order valence-corrected chi connectivity index (χ2v) is 6.64. The molecule has 0 atom stereocenters. The number of ether oxygens (including phenoxy) is 1. The minimum absolute atomic E-state index is 0.0160. The van der Waals surface area contributed by atoms with Gasteiger partial charge in [0, 0.05) is 0 Å². The summed E-state index contributed by atoms with van der Waals surface area (Å²) in [4.78, 5) is 10.8. The van der Waals surface area contributed by atoms with Crippen molar-refractivity contribution in [3.63, 3.8) is 0 Å². The predicted octanol–water partition coefficient (Wildman–Crippen LogP) is 7.00. The Kier molecular flexibility index (Phi) is 8.10. The van der Waals surface area contributed by atoms with E-state index in [2.05, 4.69) is 4.74 Å². The van der Waals surface area contributed by atoms with Crippen LogP contribution >= 0.6 is 0 Å². The van der Waals surface area contributed by atoms with Crippen LogP contribution < -0.4 is 0 Å². The third-order valence-corrected chi connectivity index (χ3v) is 4.32. The van der Waals surface area contributed by atoms with Crippen LogP contribution in [0.25, 0.3) is 0 Å². The monoisotopic (exact) mass is 604 g/mol. The summed E-state index contributed by atoms with van der Waals surface area (Å²) in [5.74, 6) is -81.3. The first kappa shape index (κ1) is 34.7. The van der Waals surface area contributed by atoms with Crippen LogP contribution in [0, 0.1) is 0 Å². The molecule has 23 heteroatoms. The Balaban J connectivity index is 7.16. The van der Waals surface area contributed by atoms with Gasteiger partial charge < -0.3 is 4.74 Å². The van der Waals surface area contributed by atoms with E-state index in [1.165, 1.54) is 0 Å². The highest BCUT2D eigenvalue weighted by atomic mass is 19.4. The summed E-state index contributed by atoms with van der Waals surface area (Å²) in [6, 6.07) is 0. The van der Waals surface area contributed by atoms with Gasteiger partial charge in [-0.3, -0.25) is 0 Å². The minimum atomic E-state index is -9.25. The minimum Gasteiger partial charge on any atom is -0.466 e. The van der Waals surface area contributed by atoms with E-state index in [4.69, 9.17) is 0 Å². The molecule has 0 spiro atoms. The van der Waals surface area contributed by atoms with E-state index >= 15 is 0 Å². The number of carbonyl (C=O) groups excluding carboxylic acids is 1. The standard InChI is InChI=1S/C14H5F21O2/c1-3(4(36)37-2)5(15,16)6(17,18)7(19,20)8(21,22)9(23,24)10(25,26)11(27,28)12(29,30)13(31,32)14(33,34)35/h1H2,2H3. The normalized spacial score (nSPS) is 16.1. The van der Waals surface area contributed by atoms with Crippen molar-refractivity contribution in [3.8, 4) is 0 Å². The fourth-order valence-corrected chi connectivity index (χ4v) is 2.00. The van der Waals surface area contributed by atoms with E-state index in [1.807, 2.05) is 0 Å². The van der Waals surface area contributed by atoms with Crippen LogP contribution in [0.15, 0.2) is 12.2 Å². The molecule has 0 aliphatic carbocycles. The summed E-state index contributed by atoms with van der Waals surface area (Å²) in [6.07, 6.45) is -8.04. The van der Waals surface area contributed by atoms with Gasteiger partial charge in [-0.15, -0.1) is 0 Å². The molecule has 220 valence electrons. The molecule has 0 aromatic heterocycles. The van der Waals surface area contributed by atoms with Crippen LogP contribution in [0.2, 0.25) is 0 Å². The molecule has 0 bridgehead atoms. The molecule has 0 radical (unpaired) electrons. The quantitative estimate of drug-likeness (QED) is 0.153. The summed E-state index contributed by atoms with van der Waals surface area (Å²) < 4.78 is 280. The van der Waals surface area contributed by atoms with E-state index in [-0.39, 0.29) is 7.11 Å². The van der Waals surface area contributed by atoms with Gasteiger partial charge in [-0.1, -0.05) is 6.58 Å². The number of carbonyl (C=O) groups is 1. The molecule has 0 rings (SSSR count). The number of halogens is 21. The van der Waals surface area contributed by atoms with Crippen LogP contribution in [-0.4, -0.2) is 72.6 Å². The lowest BCUT2D eigenvalue weighted by Gasteiger charge is -2.44. The molecule has 0 aromatic rings. The molecule has 2 nitrogen and oxygen atoms in total. The van der Waals surface area contributed by atoms with Gasteiger partial charge in [-0.05, 0) is 0 Å².